The molecule has 106 valence electrons. The zero-order chi connectivity index (χ0) is 14.4. The molecule has 1 aliphatic rings. The van der Waals surface area contributed by atoms with Crippen LogP contribution in [0.4, 0.5) is 0 Å². The SMILES string of the molecule is COc1ccc(C)cc1CC(N)C1C(C)(C)C1(C)C. The van der Waals surface area contributed by atoms with E-state index in [1.165, 1.54) is 11.1 Å². The Hall–Kier alpha value is -1.02. The summed E-state index contributed by atoms with van der Waals surface area (Å²) in [5.74, 6) is 1.53. The first-order chi connectivity index (χ1) is 8.71. The van der Waals surface area contributed by atoms with Gasteiger partial charge in [-0.3, -0.25) is 0 Å². The summed E-state index contributed by atoms with van der Waals surface area (Å²) >= 11 is 0. The number of methoxy groups -OCH3 is 1. The average Bonchev–Trinajstić information content (AvgIpc) is 2.69. The predicted molar refractivity (Wildman–Crippen MR) is 80.5 cm³/mol. The van der Waals surface area contributed by atoms with E-state index >= 15 is 0 Å². The van der Waals surface area contributed by atoms with E-state index in [1.54, 1.807) is 7.11 Å². The lowest BCUT2D eigenvalue weighted by Gasteiger charge is -2.16. The van der Waals surface area contributed by atoms with Crippen LogP contribution < -0.4 is 10.5 Å². The molecule has 1 unspecified atom stereocenters. The van der Waals surface area contributed by atoms with E-state index < -0.39 is 0 Å². The molecule has 19 heavy (non-hydrogen) atoms. The van der Waals surface area contributed by atoms with E-state index in [-0.39, 0.29) is 6.04 Å². The molecular weight excluding hydrogens is 234 g/mol. The highest BCUT2D eigenvalue weighted by Crippen LogP contribution is 2.69. The van der Waals surface area contributed by atoms with Gasteiger partial charge in [0.25, 0.3) is 0 Å². The molecule has 0 saturated heterocycles. The lowest BCUT2D eigenvalue weighted by Crippen LogP contribution is -2.28. The van der Waals surface area contributed by atoms with Crippen LogP contribution in [-0.4, -0.2) is 13.2 Å². The molecule has 0 amide bonds. The van der Waals surface area contributed by atoms with E-state index in [1.807, 2.05) is 6.07 Å². The number of hydrogen-bond donors (Lipinski definition) is 1. The first kappa shape index (κ1) is 14.4. The van der Waals surface area contributed by atoms with Gasteiger partial charge in [-0.25, -0.2) is 0 Å². The van der Waals surface area contributed by atoms with Crippen LogP contribution in [0.5, 0.6) is 5.75 Å². The van der Waals surface area contributed by atoms with Crippen LogP contribution in [0.25, 0.3) is 0 Å². The van der Waals surface area contributed by atoms with Crippen molar-refractivity contribution >= 4 is 0 Å². The first-order valence-electron chi connectivity index (χ1n) is 7.11. The van der Waals surface area contributed by atoms with Crippen LogP contribution >= 0.6 is 0 Å². The Kier molecular flexibility index (Phi) is 3.42. The molecule has 1 aliphatic carbocycles. The van der Waals surface area contributed by atoms with Gasteiger partial charge in [-0.2, -0.15) is 0 Å². The molecule has 0 aliphatic heterocycles. The van der Waals surface area contributed by atoms with E-state index in [0.29, 0.717) is 16.7 Å². The standard InChI is InChI=1S/C17H27NO/c1-11-7-8-14(19-6)12(9-11)10-13(18)15-16(2,3)17(15,4)5/h7-9,13,15H,10,18H2,1-6H3. The molecule has 2 heteroatoms. The Bertz CT molecular complexity index is 462. The molecule has 0 heterocycles. The van der Waals surface area contributed by atoms with Gasteiger partial charge in [-0.1, -0.05) is 45.4 Å². The largest absolute Gasteiger partial charge is 0.496 e. The van der Waals surface area contributed by atoms with Crippen molar-refractivity contribution in [2.24, 2.45) is 22.5 Å². The summed E-state index contributed by atoms with van der Waals surface area (Å²) in [6.07, 6.45) is 0.891. The zero-order valence-corrected chi connectivity index (χ0v) is 13.1. The number of nitrogens with two attached hydrogens (primary N) is 1. The highest BCUT2D eigenvalue weighted by molar-refractivity contribution is 5.38. The van der Waals surface area contributed by atoms with E-state index in [4.69, 9.17) is 10.5 Å². The number of aryl methyl sites for hydroxylation is 1. The van der Waals surface area contributed by atoms with Gasteiger partial charge in [0.1, 0.15) is 5.75 Å². The van der Waals surface area contributed by atoms with Crippen molar-refractivity contribution in [2.45, 2.75) is 47.1 Å². The quantitative estimate of drug-likeness (QED) is 0.899. The molecule has 0 spiro atoms. The fourth-order valence-electron chi connectivity index (χ4n) is 3.76. The highest BCUT2D eigenvalue weighted by Gasteiger charge is 2.66. The average molecular weight is 261 g/mol. The highest BCUT2D eigenvalue weighted by atomic mass is 16.5. The van der Waals surface area contributed by atoms with Gasteiger partial charge >= 0.3 is 0 Å². The molecule has 0 radical (unpaired) electrons. The third kappa shape index (κ3) is 2.27. The monoisotopic (exact) mass is 261 g/mol. The fraction of sp³-hybridized carbons (Fsp3) is 0.647. The van der Waals surface area contributed by atoms with E-state index in [0.717, 1.165) is 12.2 Å². The lowest BCUT2D eigenvalue weighted by molar-refractivity contribution is 0.402. The molecule has 2 N–H and O–H groups in total. The van der Waals surface area contributed by atoms with Crippen molar-refractivity contribution in [2.75, 3.05) is 7.11 Å². The Morgan fingerprint density at radius 1 is 1.21 bits per heavy atom. The minimum Gasteiger partial charge on any atom is -0.496 e. The Labute approximate surface area is 117 Å². The van der Waals surface area contributed by atoms with Crippen molar-refractivity contribution in [1.29, 1.82) is 0 Å². The van der Waals surface area contributed by atoms with Gasteiger partial charge in [0.15, 0.2) is 0 Å². The summed E-state index contributed by atoms with van der Waals surface area (Å²) in [6, 6.07) is 6.52. The van der Waals surface area contributed by atoms with Gasteiger partial charge in [0, 0.05) is 6.04 Å². The van der Waals surface area contributed by atoms with Gasteiger partial charge in [0.2, 0.25) is 0 Å². The normalized spacial score (nSPS) is 22.1. The number of benzene rings is 1. The van der Waals surface area contributed by atoms with Crippen molar-refractivity contribution in [3.8, 4) is 5.75 Å². The van der Waals surface area contributed by atoms with Gasteiger partial charge < -0.3 is 10.5 Å². The molecule has 1 aromatic carbocycles. The maximum Gasteiger partial charge on any atom is 0.122 e. The third-order valence-corrected chi connectivity index (χ3v) is 5.45. The predicted octanol–water partition coefficient (Wildman–Crippen LogP) is 3.56. The molecule has 2 nitrogen and oxygen atoms in total. The van der Waals surface area contributed by atoms with E-state index in [2.05, 4.69) is 46.8 Å². The summed E-state index contributed by atoms with van der Waals surface area (Å²) < 4.78 is 5.45. The maximum atomic E-state index is 6.48. The molecule has 0 bridgehead atoms. The summed E-state index contributed by atoms with van der Waals surface area (Å²) in [7, 11) is 1.73. The molecule has 0 aromatic heterocycles. The molecule has 1 atom stereocenters. The smallest absolute Gasteiger partial charge is 0.122 e. The number of ether oxygens (including phenoxy) is 1. The third-order valence-electron chi connectivity index (χ3n) is 5.45. The molecule has 1 fully saturated rings. The Morgan fingerprint density at radius 3 is 2.26 bits per heavy atom. The van der Waals surface area contributed by atoms with Crippen LogP contribution in [0, 0.1) is 23.7 Å². The molecule has 1 saturated carbocycles. The van der Waals surface area contributed by atoms with Gasteiger partial charge in [-0.05, 0) is 41.7 Å². The van der Waals surface area contributed by atoms with Crippen LogP contribution in [0.15, 0.2) is 18.2 Å². The van der Waals surface area contributed by atoms with Crippen molar-refractivity contribution in [3.63, 3.8) is 0 Å². The van der Waals surface area contributed by atoms with Gasteiger partial charge in [-0.15, -0.1) is 0 Å². The van der Waals surface area contributed by atoms with Crippen LogP contribution in [0.2, 0.25) is 0 Å². The molecule has 1 aromatic rings. The van der Waals surface area contributed by atoms with Crippen LogP contribution in [0.1, 0.15) is 38.8 Å². The lowest BCUT2D eigenvalue weighted by atomic mass is 9.96. The minimum absolute atomic E-state index is 0.195. The summed E-state index contributed by atoms with van der Waals surface area (Å²) in [4.78, 5) is 0. The Balaban J connectivity index is 2.17. The summed E-state index contributed by atoms with van der Waals surface area (Å²) in [6.45, 7) is 11.4. The molecular formula is C17H27NO. The second-order valence-electron chi connectivity index (χ2n) is 7.10. The topological polar surface area (TPSA) is 35.2 Å². The van der Waals surface area contributed by atoms with Gasteiger partial charge in [0.05, 0.1) is 7.11 Å². The van der Waals surface area contributed by atoms with E-state index in [9.17, 15) is 0 Å². The summed E-state index contributed by atoms with van der Waals surface area (Å²) in [5.41, 5.74) is 9.65. The Morgan fingerprint density at radius 2 is 1.79 bits per heavy atom. The minimum atomic E-state index is 0.195. The second-order valence-corrected chi connectivity index (χ2v) is 7.10. The second kappa shape index (κ2) is 4.52. The fourth-order valence-corrected chi connectivity index (χ4v) is 3.76. The first-order valence-corrected chi connectivity index (χ1v) is 7.11. The van der Waals surface area contributed by atoms with Crippen molar-refractivity contribution < 1.29 is 4.74 Å². The number of hydrogen-bond acceptors (Lipinski definition) is 2. The number of rotatable bonds is 4. The van der Waals surface area contributed by atoms with Crippen LogP contribution in [0.3, 0.4) is 0 Å². The van der Waals surface area contributed by atoms with Crippen molar-refractivity contribution in [1.82, 2.24) is 0 Å². The zero-order valence-electron chi connectivity index (χ0n) is 13.1. The van der Waals surface area contributed by atoms with Crippen LogP contribution in [-0.2, 0) is 6.42 Å². The van der Waals surface area contributed by atoms with Crippen molar-refractivity contribution in [3.05, 3.63) is 29.3 Å². The molecule has 2 rings (SSSR count). The maximum absolute atomic E-state index is 6.48. The summed E-state index contributed by atoms with van der Waals surface area (Å²) in [5, 5.41) is 0.